The van der Waals surface area contributed by atoms with Crippen molar-refractivity contribution in [3.8, 4) is 16.4 Å². The zero-order valence-electron chi connectivity index (χ0n) is 10.3. The van der Waals surface area contributed by atoms with Gasteiger partial charge in [-0.3, -0.25) is 4.79 Å². The van der Waals surface area contributed by atoms with Crippen molar-refractivity contribution in [3.05, 3.63) is 52.9 Å². The lowest BCUT2D eigenvalue weighted by Gasteiger charge is -2.02. The summed E-state index contributed by atoms with van der Waals surface area (Å²) in [5.74, 6) is -4.21. The Morgan fingerprint density at radius 3 is 2.48 bits per heavy atom. The van der Waals surface area contributed by atoms with Gasteiger partial charge in [-0.15, -0.1) is 11.3 Å². The molecular weight excluding hydrogens is 303 g/mol. The second-order valence-electron chi connectivity index (χ2n) is 4.06. The van der Waals surface area contributed by atoms with Gasteiger partial charge in [0.1, 0.15) is 10.7 Å². The molecule has 0 fully saturated rings. The molecule has 2 heterocycles. The first-order valence-corrected chi connectivity index (χ1v) is 6.57. The van der Waals surface area contributed by atoms with Crippen molar-refractivity contribution in [2.45, 2.75) is 0 Å². The van der Waals surface area contributed by atoms with Gasteiger partial charge < -0.3 is 0 Å². The highest BCUT2D eigenvalue weighted by atomic mass is 32.1. The van der Waals surface area contributed by atoms with Crippen LogP contribution in [0.15, 0.2) is 29.9 Å². The Morgan fingerprint density at radius 1 is 1.19 bits per heavy atom. The predicted octanol–water partition coefficient (Wildman–Crippen LogP) is 3.23. The minimum absolute atomic E-state index is 0.0303. The monoisotopic (exact) mass is 309 g/mol. The lowest BCUT2D eigenvalue weighted by Crippen LogP contribution is -2.00. The molecule has 0 saturated carbocycles. The van der Waals surface area contributed by atoms with Crippen molar-refractivity contribution in [1.29, 1.82) is 0 Å². The second-order valence-corrected chi connectivity index (χ2v) is 4.95. The molecule has 3 aromatic rings. The molecule has 1 aromatic carbocycles. The third kappa shape index (κ3) is 2.33. The number of nitrogens with zero attached hydrogens (tertiary/aromatic N) is 3. The standard InChI is InChI=1S/C13H6F3N3OS/c14-9-3-8(4-10(15)11(9)16)19-5-7(6-20)12(18-19)13-17-1-2-21-13/h1-6H. The highest BCUT2D eigenvalue weighted by Crippen LogP contribution is 2.25. The third-order valence-corrected chi connectivity index (χ3v) is 3.52. The van der Waals surface area contributed by atoms with E-state index in [1.807, 2.05) is 0 Å². The minimum Gasteiger partial charge on any atom is -0.298 e. The van der Waals surface area contributed by atoms with E-state index in [1.165, 1.54) is 17.5 Å². The summed E-state index contributed by atoms with van der Waals surface area (Å²) in [6.45, 7) is 0. The van der Waals surface area contributed by atoms with Crippen LogP contribution in [0, 0.1) is 17.5 Å². The van der Waals surface area contributed by atoms with Crippen molar-refractivity contribution in [2.24, 2.45) is 0 Å². The van der Waals surface area contributed by atoms with E-state index in [1.54, 1.807) is 11.6 Å². The summed E-state index contributed by atoms with van der Waals surface area (Å²) in [6.07, 6.45) is 3.41. The topological polar surface area (TPSA) is 47.8 Å². The number of carbonyl (C=O) groups is 1. The molecule has 0 amide bonds. The van der Waals surface area contributed by atoms with E-state index >= 15 is 0 Å². The van der Waals surface area contributed by atoms with Gasteiger partial charge in [0.25, 0.3) is 0 Å². The van der Waals surface area contributed by atoms with Crippen LogP contribution in [0.2, 0.25) is 0 Å². The fourth-order valence-corrected chi connectivity index (χ4v) is 2.43. The van der Waals surface area contributed by atoms with E-state index < -0.39 is 17.5 Å². The molecular formula is C13H6F3N3OS. The van der Waals surface area contributed by atoms with Crippen LogP contribution in [0.5, 0.6) is 0 Å². The Kier molecular flexibility index (Phi) is 3.30. The van der Waals surface area contributed by atoms with Crippen LogP contribution >= 0.6 is 11.3 Å². The molecule has 0 aliphatic carbocycles. The quantitative estimate of drug-likeness (QED) is 0.551. The van der Waals surface area contributed by atoms with Crippen LogP contribution in [0.25, 0.3) is 16.4 Å². The maximum Gasteiger partial charge on any atom is 0.194 e. The SMILES string of the molecule is O=Cc1cn(-c2cc(F)c(F)c(F)c2)nc1-c1nccs1. The van der Waals surface area contributed by atoms with Crippen LogP contribution < -0.4 is 0 Å². The Hall–Kier alpha value is -2.48. The maximum absolute atomic E-state index is 13.3. The van der Waals surface area contributed by atoms with E-state index in [0.29, 0.717) is 17.0 Å². The number of aldehydes is 1. The first kappa shape index (κ1) is 13.5. The Bertz CT molecular complexity index is 791. The average molecular weight is 309 g/mol. The van der Waals surface area contributed by atoms with Crippen LogP contribution in [0.4, 0.5) is 13.2 Å². The third-order valence-electron chi connectivity index (χ3n) is 2.74. The zero-order valence-corrected chi connectivity index (χ0v) is 11.1. The molecule has 0 radical (unpaired) electrons. The first-order valence-electron chi connectivity index (χ1n) is 5.70. The highest BCUT2D eigenvalue weighted by Gasteiger charge is 2.16. The number of rotatable bonds is 3. The van der Waals surface area contributed by atoms with Gasteiger partial charge in [0.15, 0.2) is 23.7 Å². The largest absolute Gasteiger partial charge is 0.298 e. The molecule has 106 valence electrons. The smallest absolute Gasteiger partial charge is 0.194 e. The van der Waals surface area contributed by atoms with Crippen molar-refractivity contribution in [3.63, 3.8) is 0 Å². The van der Waals surface area contributed by atoms with Gasteiger partial charge in [-0.2, -0.15) is 5.10 Å². The lowest BCUT2D eigenvalue weighted by atomic mass is 10.2. The predicted molar refractivity (Wildman–Crippen MR) is 69.9 cm³/mol. The van der Waals surface area contributed by atoms with Crippen molar-refractivity contribution in [2.75, 3.05) is 0 Å². The summed E-state index contributed by atoms with van der Waals surface area (Å²) >= 11 is 1.27. The fourth-order valence-electron chi connectivity index (χ4n) is 1.79. The Labute approximate surface area is 120 Å². The number of benzene rings is 1. The summed E-state index contributed by atoms with van der Waals surface area (Å²) in [6, 6.07) is 1.59. The number of aromatic nitrogens is 3. The van der Waals surface area contributed by atoms with Crippen molar-refractivity contribution >= 4 is 17.6 Å². The maximum atomic E-state index is 13.3. The molecule has 21 heavy (non-hydrogen) atoms. The molecule has 0 spiro atoms. The molecule has 0 N–H and O–H groups in total. The molecule has 3 rings (SSSR count). The van der Waals surface area contributed by atoms with Crippen LogP contribution in [0.1, 0.15) is 10.4 Å². The van der Waals surface area contributed by atoms with Crippen molar-refractivity contribution in [1.82, 2.24) is 14.8 Å². The van der Waals surface area contributed by atoms with Crippen LogP contribution in [-0.4, -0.2) is 21.1 Å². The summed E-state index contributed by atoms with van der Waals surface area (Å²) in [5.41, 5.74) is 0.484. The van der Waals surface area contributed by atoms with E-state index in [9.17, 15) is 18.0 Å². The molecule has 8 heteroatoms. The van der Waals surface area contributed by atoms with Gasteiger partial charge in [0, 0.05) is 29.9 Å². The van der Waals surface area contributed by atoms with Gasteiger partial charge >= 0.3 is 0 Å². The zero-order chi connectivity index (χ0) is 15.0. The van der Waals surface area contributed by atoms with Crippen LogP contribution in [0.3, 0.4) is 0 Å². The number of carbonyl (C=O) groups excluding carboxylic acids is 1. The fraction of sp³-hybridized carbons (Fsp3) is 0. The molecule has 0 atom stereocenters. The number of halogens is 3. The normalized spacial score (nSPS) is 10.8. The molecule has 2 aromatic heterocycles. The Morgan fingerprint density at radius 2 is 1.90 bits per heavy atom. The highest BCUT2D eigenvalue weighted by molar-refractivity contribution is 7.13. The van der Waals surface area contributed by atoms with Crippen LogP contribution in [-0.2, 0) is 0 Å². The van der Waals surface area contributed by atoms with E-state index in [4.69, 9.17) is 0 Å². The van der Waals surface area contributed by atoms with Gasteiger partial charge in [-0.1, -0.05) is 0 Å². The summed E-state index contributed by atoms with van der Waals surface area (Å²) < 4.78 is 40.6. The van der Waals surface area contributed by atoms with Gasteiger partial charge in [-0.05, 0) is 0 Å². The summed E-state index contributed by atoms with van der Waals surface area (Å²) in [5, 5.41) is 6.29. The average Bonchev–Trinajstić information content (AvgIpc) is 3.12. The molecule has 0 saturated heterocycles. The van der Waals surface area contributed by atoms with Gasteiger partial charge in [0.2, 0.25) is 0 Å². The molecule has 0 aliphatic rings. The Balaban J connectivity index is 2.14. The minimum atomic E-state index is -1.55. The number of thiazole rings is 1. The van der Waals surface area contributed by atoms with E-state index in [-0.39, 0.29) is 11.3 Å². The number of hydrogen-bond donors (Lipinski definition) is 0. The van der Waals surface area contributed by atoms with Gasteiger partial charge in [0.05, 0.1) is 11.3 Å². The molecule has 0 bridgehead atoms. The first-order chi connectivity index (χ1) is 10.1. The van der Waals surface area contributed by atoms with Crippen molar-refractivity contribution < 1.29 is 18.0 Å². The number of hydrogen-bond acceptors (Lipinski definition) is 4. The summed E-state index contributed by atoms with van der Waals surface area (Å²) in [7, 11) is 0. The molecule has 0 unspecified atom stereocenters. The second kappa shape index (κ2) is 5.13. The molecule has 4 nitrogen and oxygen atoms in total. The van der Waals surface area contributed by atoms with E-state index in [2.05, 4.69) is 10.1 Å². The lowest BCUT2D eigenvalue weighted by molar-refractivity contribution is 0.112. The van der Waals surface area contributed by atoms with E-state index in [0.717, 1.165) is 16.8 Å². The molecule has 0 aliphatic heterocycles. The summed E-state index contributed by atoms with van der Waals surface area (Å²) in [4.78, 5) is 15.1. The van der Waals surface area contributed by atoms with Gasteiger partial charge in [-0.25, -0.2) is 22.8 Å².